The first-order valence-electron chi connectivity index (χ1n) is 5.56. The normalized spacial score (nSPS) is 15.6. The predicted molar refractivity (Wildman–Crippen MR) is 70.7 cm³/mol. The minimum atomic E-state index is 0.673. The minimum absolute atomic E-state index is 0.673. The van der Waals surface area contributed by atoms with Crippen molar-refractivity contribution in [2.24, 2.45) is 0 Å². The molecule has 1 saturated carbocycles. The summed E-state index contributed by atoms with van der Waals surface area (Å²) in [5.41, 5.74) is 1.10. The molecule has 16 heavy (non-hydrogen) atoms. The van der Waals surface area contributed by atoms with Crippen molar-refractivity contribution in [3.05, 3.63) is 24.3 Å². The van der Waals surface area contributed by atoms with Gasteiger partial charge in [-0.2, -0.15) is 0 Å². The Balaban J connectivity index is 1.96. The fourth-order valence-corrected chi connectivity index (χ4v) is 3.14. The Morgan fingerprint density at radius 2 is 2.19 bits per heavy atom. The standard InChI is InChI=1S/C12H13ClN2S/c13-7-8-15(9-5-6-9)12-14-10-3-1-2-4-11(10)16-12/h1-4,9H,5-8H2. The van der Waals surface area contributed by atoms with Gasteiger partial charge in [-0.25, -0.2) is 4.98 Å². The van der Waals surface area contributed by atoms with Gasteiger partial charge < -0.3 is 4.90 Å². The molecule has 2 aromatic rings. The van der Waals surface area contributed by atoms with Crippen LogP contribution >= 0.6 is 22.9 Å². The molecule has 2 nitrogen and oxygen atoms in total. The second-order valence-corrected chi connectivity index (χ2v) is 5.46. The van der Waals surface area contributed by atoms with Crippen molar-refractivity contribution >= 4 is 38.3 Å². The monoisotopic (exact) mass is 252 g/mol. The summed E-state index contributed by atoms with van der Waals surface area (Å²) in [5, 5.41) is 1.13. The molecule has 1 aromatic carbocycles. The van der Waals surface area contributed by atoms with Gasteiger partial charge in [-0.15, -0.1) is 11.6 Å². The summed E-state index contributed by atoms with van der Waals surface area (Å²) < 4.78 is 1.26. The molecule has 1 aliphatic rings. The van der Waals surface area contributed by atoms with E-state index in [4.69, 9.17) is 11.6 Å². The molecule has 0 N–H and O–H groups in total. The summed E-state index contributed by atoms with van der Waals surface area (Å²) in [5.74, 6) is 0.673. The zero-order valence-corrected chi connectivity index (χ0v) is 10.5. The van der Waals surface area contributed by atoms with Gasteiger partial charge in [0.25, 0.3) is 0 Å². The third-order valence-electron chi connectivity index (χ3n) is 2.84. The van der Waals surface area contributed by atoms with Crippen molar-refractivity contribution in [3.63, 3.8) is 0 Å². The average Bonchev–Trinajstić information content (AvgIpc) is 3.04. The Morgan fingerprint density at radius 3 is 2.88 bits per heavy atom. The lowest BCUT2D eigenvalue weighted by molar-refractivity contribution is 0.826. The van der Waals surface area contributed by atoms with Crippen molar-refractivity contribution < 1.29 is 0 Å². The topological polar surface area (TPSA) is 16.1 Å². The van der Waals surface area contributed by atoms with Crippen LogP contribution < -0.4 is 4.90 Å². The van der Waals surface area contributed by atoms with Crippen LogP contribution in [-0.2, 0) is 0 Å². The molecule has 1 heterocycles. The zero-order chi connectivity index (χ0) is 11.0. The lowest BCUT2D eigenvalue weighted by Gasteiger charge is -2.19. The highest BCUT2D eigenvalue weighted by atomic mass is 35.5. The highest BCUT2D eigenvalue weighted by Crippen LogP contribution is 2.36. The SMILES string of the molecule is ClCCN(c1nc2ccccc2s1)C1CC1. The van der Waals surface area contributed by atoms with Crippen LogP contribution in [0.3, 0.4) is 0 Å². The van der Waals surface area contributed by atoms with E-state index >= 15 is 0 Å². The largest absolute Gasteiger partial charge is 0.344 e. The van der Waals surface area contributed by atoms with Gasteiger partial charge >= 0.3 is 0 Å². The quantitative estimate of drug-likeness (QED) is 0.775. The van der Waals surface area contributed by atoms with Crippen LogP contribution in [0.15, 0.2) is 24.3 Å². The van der Waals surface area contributed by atoms with Gasteiger partial charge in [0.2, 0.25) is 0 Å². The number of anilines is 1. The maximum absolute atomic E-state index is 5.85. The number of rotatable bonds is 4. The van der Waals surface area contributed by atoms with Gasteiger partial charge in [-0.3, -0.25) is 0 Å². The van der Waals surface area contributed by atoms with E-state index in [9.17, 15) is 0 Å². The molecule has 0 spiro atoms. The number of thiazole rings is 1. The summed E-state index contributed by atoms with van der Waals surface area (Å²) in [7, 11) is 0. The van der Waals surface area contributed by atoms with Crippen molar-refractivity contribution in [3.8, 4) is 0 Å². The molecule has 0 amide bonds. The highest BCUT2D eigenvalue weighted by Gasteiger charge is 2.30. The lowest BCUT2D eigenvalue weighted by Crippen LogP contribution is -2.27. The first-order chi connectivity index (χ1) is 7.88. The van der Waals surface area contributed by atoms with Crippen LogP contribution in [-0.4, -0.2) is 23.5 Å². The Bertz CT molecular complexity index is 459. The number of hydrogen-bond donors (Lipinski definition) is 0. The Morgan fingerprint density at radius 1 is 1.38 bits per heavy atom. The predicted octanol–water partition coefficient (Wildman–Crippen LogP) is 3.50. The molecule has 1 fully saturated rings. The van der Waals surface area contributed by atoms with Crippen LogP contribution in [0.1, 0.15) is 12.8 Å². The first-order valence-corrected chi connectivity index (χ1v) is 6.92. The van der Waals surface area contributed by atoms with Crippen LogP contribution in [0.4, 0.5) is 5.13 Å². The molecule has 0 bridgehead atoms. The molecule has 84 valence electrons. The number of aromatic nitrogens is 1. The van der Waals surface area contributed by atoms with Crippen molar-refractivity contribution in [2.45, 2.75) is 18.9 Å². The number of fused-ring (bicyclic) bond motifs is 1. The van der Waals surface area contributed by atoms with E-state index in [1.165, 1.54) is 17.5 Å². The van der Waals surface area contributed by atoms with Crippen molar-refractivity contribution in [1.82, 2.24) is 4.98 Å². The molecule has 4 heteroatoms. The molecular formula is C12H13ClN2S. The molecule has 3 rings (SSSR count). The lowest BCUT2D eigenvalue weighted by atomic mass is 10.3. The van der Waals surface area contributed by atoms with Gasteiger partial charge in [0.05, 0.1) is 10.2 Å². The second-order valence-electron chi connectivity index (χ2n) is 4.08. The molecule has 0 unspecified atom stereocenters. The van der Waals surface area contributed by atoms with E-state index in [0.717, 1.165) is 17.2 Å². The molecule has 0 aliphatic heterocycles. The molecule has 1 aliphatic carbocycles. The summed E-state index contributed by atoms with van der Waals surface area (Å²) in [6, 6.07) is 8.98. The first kappa shape index (κ1) is 10.4. The van der Waals surface area contributed by atoms with Crippen LogP contribution in [0.2, 0.25) is 0 Å². The smallest absolute Gasteiger partial charge is 0.186 e. The molecular weight excluding hydrogens is 240 g/mol. The van der Waals surface area contributed by atoms with Crippen LogP contribution in [0.5, 0.6) is 0 Å². The van der Waals surface area contributed by atoms with Gasteiger partial charge in [-0.05, 0) is 25.0 Å². The van der Waals surface area contributed by atoms with E-state index in [-0.39, 0.29) is 0 Å². The molecule has 0 saturated heterocycles. The number of halogens is 1. The average molecular weight is 253 g/mol. The summed E-state index contributed by atoms with van der Waals surface area (Å²) in [4.78, 5) is 7.04. The van der Waals surface area contributed by atoms with Gasteiger partial charge in [0.1, 0.15) is 0 Å². The summed E-state index contributed by atoms with van der Waals surface area (Å²) in [6.07, 6.45) is 2.57. The maximum Gasteiger partial charge on any atom is 0.186 e. The Labute approximate surface area is 104 Å². The fraction of sp³-hybridized carbons (Fsp3) is 0.417. The number of nitrogens with zero attached hydrogens (tertiary/aromatic N) is 2. The second kappa shape index (κ2) is 4.22. The number of benzene rings is 1. The molecule has 1 aromatic heterocycles. The Hall–Kier alpha value is -0.800. The number of para-hydroxylation sites is 1. The number of alkyl halides is 1. The van der Waals surface area contributed by atoms with Gasteiger partial charge in [-0.1, -0.05) is 23.5 Å². The van der Waals surface area contributed by atoms with Crippen molar-refractivity contribution in [1.29, 1.82) is 0 Å². The van der Waals surface area contributed by atoms with E-state index in [1.807, 2.05) is 6.07 Å². The van der Waals surface area contributed by atoms with E-state index in [0.29, 0.717) is 11.9 Å². The van der Waals surface area contributed by atoms with Gasteiger partial charge in [0, 0.05) is 18.5 Å². The molecule has 0 atom stereocenters. The van der Waals surface area contributed by atoms with E-state index < -0.39 is 0 Å². The van der Waals surface area contributed by atoms with E-state index in [2.05, 4.69) is 28.1 Å². The minimum Gasteiger partial charge on any atom is -0.344 e. The molecule has 0 radical (unpaired) electrons. The Kier molecular flexibility index (Phi) is 2.74. The summed E-state index contributed by atoms with van der Waals surface area (Å²) in [6.45, 7) is 0.909. The fourth-order valence-electron chi connectivity index (χ4n) is 1.89. The van der Waals surface area contributed by atoms with Gasteiger partial charge in [0.15, 0.2) is 5.13 Å². The van der Waals surface area contributed by atoms with E-state index in [1.54, 1.807) is 11.3 Å². The number of hydrogen-bond acceptors (Lipinski definition) is 3. The third-order valence-corrected chi connectivity index (χ3v) is 4.08. The zero-order valence-electron chi connectivity index (χ0n) is 8.90. The van der Waals surface area contributed by atoms with Crippen LogP contribution in [0, 0.1) is 0 Å². The highest BCUT2D eigenvalue weighted by molar-refractivity contribution is 7.22. The maximum atomic E-state index is 5.85. The summed E-state index contributed by atoms with van der Waals surface area (Å²) >= 11 is 7.62. The van der Waals surface area contributed by atoms with Crippen molar-refractivity contribution in [2.75, 3.05) is 17.3 Å². The van der Waals surface area contributed by atoms with Crippen LogP contribution in [0.25, 0.3) is 10.2 Å². The third kappa shape index (κ3) is 1.89.